The van der Waals surface area contributed by atoms with E-state index in [1.807, 2.05) is 6.92 Å². The molecule has 0 atom stereocenters. The summed E-state index contributed by atoms with van der Waals surface area (Å²) in [5.74, 6) is 0. The van der Waals surface area contributed by atoms with Gasteiger partial charge in [0.25, 0.3) is 0 Å². The van der Waals surface area contributed by atoms with E-state index in [-0.39, 0.29) is 17.3 Å². The van der Waals surface area contributed by atoms with Crippen molar-refractivity contribution in [1.29, 1.82) is 0 Å². The first-order valence-corrected chi connectivity index (χ1v) is 6.39. The highest BCUT2D eigenvalue weighted by atomic mass is 35.5. The predicted molar refractivity (Wildman–Crippen MR) is 67.2 cm³/mol. The smallest absolute Gasteiger partial charge is 0.324 e. The molecule has 0 fully saturated rings. The Balaban J connectivity index is 2.32. The van der Waals surface area contributed by atoms with Gasteiger partial charge in [0.2, 0.25) is 5.28 Å². The van der Waals surface area contributed by atoms with Crippen molar-refractivity contribution in [3.05, 3.63) is 5.28 Å². The van der Waals surface area contributed by atoms with E-state index < -0.39 is 0 Å². The van der Waals surface area contributed by atoms with Crippen LogP contribution >= 0.6 is 11.6 Å². The third-order valence-corrected chi connectivity index (χ3v) is 2.11. The van der Waals surface area contributed by atoms with Gasteiger partial charge in [0.05, 0.1) is 13.2 Å². The highest BCUT2D eigenvalue weighted by molar-refractivity contribution is 6.28. The summed E-state index contributed by atoms with van der Waals surface area (Å²) in [4.78, 5) is 11.6. The minimum atomic E-state index is 0.0513. The average Bonchev–Trinajstić information content (AvgIpc) is 2.33. The molecule has 18 heavy (non-hydrogen) atoms. The summed E-state index contributed by atoms with van der Waals surface area (Å²) in [5, 5.41) is 0.0513. The summed E-state index contributed by atoms with van der Waals surface area (Å²) >= 11 is 5.71. The van der Waals surface area contributed by atoms with Gasteiger partial charge in [-0.3, -0.25) is 0 Å². The van der Waals surface area contributed by atoms with Crippen molar-refractivity contribution in [2.24, 2.45) is 0 Å². The maximum atomic E-state index is 5.71. The Kier molecular flexibility index (Phi) is 7.36. The van der Waals surface area contributed by atoms with Gasteiger partial charge in [-0.25, -0.2) is 0 Å². The minimum absolute atomic E-state index is 0.0513. The Morgan fingerprint density at radius 1 is 0.944 bits per heavy atom. The van der Waals surface area contributed by atoms with Crippen molar-refractivity contribution in [2.45, 2.75) is 26.7 Å². The predicted octanol–water partition coefficient (Wildman–Crippen LogP) is 2.12. The Morgan fingerprint density at radius 3 is 2.33 bits per heavy atom. The number of hydrogen-bond acceptors (Lipinski definition) is 6. The number of ether oxygens (including phenoxy) is 3. The zero-order valence-corrected chi connectivity index (χ0v) is 11.4. The molecule has 0 radical (unpaired) electrons. The van der Waals surface area contributed by atoms with Crippen molar-refractivity contribution in [2.75, 3.05) is 26.4 Å². The first kappa shape index (κ1) is 14.9. The number of hydrogen-bond donors (Lipinski definition) is 0. The van der Waals surface area contributed by atoms with Gasteiger partial charge < -0.3 is 14.2 Å². The number of aromatic nitrogens is 3. The van der Waals surface area contributed by atoms with Gasteiger partial charge in [-0.2, -0.15) is 9.97 Å². The molecule has 102 valence electrons. The van der Waals surface area contributed by atoms with Crippen LogP contribution in [0, 0.1) is 0 Å². The summed E-state index contributed by atoms with van der Waals surface area (Å²) in [5.41, 5.74) is 0. The van der Waals surface area contributed by atoms with Crippen LogP contribution in [-0.2, 0) is 4.74 Å². The number of unbranched alkanes of at least 4 members (excludes halogenated alkanes) is 1. The van der Waals surface area contributed by atoms with Crippen LogP contribution in [0.1, 0.15) is 26.7 Å². The van der Waals surface area contributed by atoms with Crippen LogP contribution in [0.25, 0.3) is 0 Å². The fourth-order valence-corrected chi connectivity index (χ4v) is 1.26. The zero-order chi connectivity index (χ0) is 13.2. The van der Waals surface area contributed by atoms with Crippen LogP contribution in [0.15, 0.2) is 0 Å². The lowest BCUT2D eigenvalue weighted by molar-refractivity contribution is 0.0942. The highest BCUT2D eigenvalue weighted by Gasteiger charge is 2.06. The number of halogens is 1. The summed E-state index contributed by atoms with van der Waals surface area (Å²) in [6.45, 7) is 6.01. The molecule has 1 heterocycles. The third kappa shape index (κ3) is 5.97. The first-order valence-electron chi connectivity index (χ1n) is 6.01. The molecular formula is C11H18ClN3O3. The molecule has 0 aliphatic rings. The monoisotopic (exact) mass is 275 g/mol. The second-order valence-corrected chi connectivity index (χ2v) is 3.76. The van der Waals surface area contributed by atoms with Crippen LogP contribution in [0.4, 0.5) is 0 Å². The quantitative estimate of drug-likeness (QED) is 0.643. The van der Waals surface area contributed by atoms with Gasteiger partial charge >= 0.3 is 12.0 Å². The van der Waals surface area contributed by atoms with E-state index in [1.54, 1.807) is 0 Å². The van der Waals surface area contributed by atoms with Crippen LogP contribution in [0.2, 0.25) is 5.28 Å². The highest BCUT2D eigenvalue weighted by Crippen LogP contribution is 2.12. The van der Waals surface area contributed by atoms with Gasteiger partial charge in [-0.15, -0.1) is 4.98 Å². The molecule has 0 saturated carbocycles. The average molecular weight is 276 g/mol. The molecule has 0 saturated heterocycles. The zero-order valence-electron chi connectivity index (χ0n) is 10.7. The molecule has 0 aromatic carbocycles. The molecule has 7 heteroatoms. The van der Waals surface area contributed by atoms with E-state index in [0.717, 1.165) is 19.4 Å². The van der Waals surface area contributed by atoms with Crippen molar-refractivity contribution >= 4 is 11.6 Å². The summed E-state index contributed by atoms with van der Waals surface area (Å²) in [7, 11) is 0. The van der Waals surface area contributed by atoms with E-state index in [4.69, 9.17) is 25.8 Å². The summed E-state index contributed by atoms with van der Waals surface area (Å²) < 4.78 is 15.8. The summed E-state index contributed by atoms with van der Waals surface area (Å²) in [6, 6.07) is 0.317. The van der Waals surface area contributed by atoms with Crippen molar-refractivity contribution in [1.82, 2.24) is 15.0 Å². The molecular weight excluding hydrogens is 258 g/mol. The van der Waals surface area contributed by atoms with E-state index >= 15 is 0 Å². The molecule has 0 spiro atoms. The number of rotatable bonds is 9. The van der Waals surface area contributed by atoms with Gasteiger partial charge in [0.15, 0.2) is 0 Å². The van der Waals surface area contributed by atoms with E-state index in [0.29, 0.717) is 19.8 Å². The second-order valence-electron chi connectivity index (χ2n) is 3.42. The van der Waals surface area contributed by atoms with Crippen LogP contribution in [0.5, 0.6) is 12.0 Å². The maximum Gasteiger partial charge on any atom is 0.324 e. The molecule has 1 aromatic rings. The maximum absolute atomic E-state index is 5.71. The normalized spacial score (nSPS) is 10.4. The van der Waals surface area contributed by atoms with Crippen molar-refractivity contribution in [3.63, 3.8) is 0 Å². The molecule has 1 aromatic heterocycles. The largest absolute Gasteiger partial charge is 0.464 e. The van der Waals surface area contributed by atoms with Crippen molar-refractivity contribution in [3.8, 4) is 12.0 Å². The summed E-state index contributed by atoms with van der Waals surface area (Å²) in [6.07, 6.45) is 2.16. The Hall–Kier alpha value is -1.14. The lowest BCUT2D eigenvalue weighted by Gasteiger charge is -2.06. The van der Waals surface area contributed by atoms with Crippen molar-refractivity contribution < 1.29 is 14.2 Å². The third-order valence-electron chi connectivity index (χ3n) is 1.94. The van der Waals surface area contributed by atoms with Gasteiger partial charge in [0, 0.05) is 6.61 Å². The Bertz CT molecular complexity index is 352. The first-order chi connectivity index (χ1) is 8.76. The molecule has 0 aliphatic heterocycles. The SMILES string of the molecule is CCCCOCCOc1nc(Cl)nc(OCC)n1. The molecule has 0 unspecified atom stereocenters. The van der Waals surface area contributed by atoms with E-state index in [9.17, 15) is 0 Å². The fraction of sp³-hybridized carbons (Fsp3) is 0.727. The molecule has 0 bridgehead atoms. The Labute approximate surface area is 112 Å². The van der Waals surface area contributed by atoms with E-state index in [1.165, 1.54) is 0 Å². The van der Waals surface area contributed by atoms with Crippen LogP contribution in [0.3, 0.4) is 0 Å². The van der Waals surface area contributed by atoms with Gasteiger partial charge in [-0.1, -0.05) is 13.3 Å². The fourth-order valence-electron chi connectivity index (χ4n) is 1.11. The number of nitrogens with zero attached hydrogens (tertiary/aromatic N) is 3. The topological polar surface area (TPSA) is 66.4 Å². The molecule has 0 N–H and O–H groups in total. The van der Waals surface area contributed by atoms with Gasteiger partial charge in [0.1, 0.15) is 6.61 Å². The van der Waals surface area contributed by atoms with E-state index in [2.05, 4.69) is 21.9 Å². The van der Waals surface area contributed by atoms with Crippen LogP contribution in [-0.4, -0.2) is 41.4 Å². The second kappa shape index (κ2) is 8.88. The molecule has 0 aliphatic carbocycles. The van der Waals surface area contributed by atoms with Crippen LogP contribution < -0.4 is 9.47 Å². The standard InChI is InChI=1S/C11H18ClN3O3/c1-3-5-6-16-7-8-18-11-14-9(12)13-10(15-11)17-4-2/h3-8H2,1-2H3. The lowest BCUT2D eigenvalue weighted by atomic mass is 10.4. The minimum Gasteiger partial charge on any atom is -0.464 e. The van der Waals surface area contributed by atoms with Gasteiger partial charge in [-0.05, 0) is 24.9 Å². The lowest BCUT2D eigenvalue weighted by Crippen LogP contribution is -2.10. The Morgan fingerprint density at radius 2 is 1.67 bits per heavy atom. The molecule has 6 nitrogen and oxygen atoms in total. The molecule has 1 rings (SSSR count). The molecule has 0 amide bonds.